The summed E-state index contributed by atoms with van der Waals surface area (Å²) in [5.74, 6) is 0.658. The normalized spacial score (nSPS) is 22.5. The maximum absolute atomic E-state index is 12.1. The van der Waals surface area contributed by atoms with E-state index in [1.807, 2.05) is 4.90 Å². The van der Waals surface area contributed by atoms with E-state index in [0.717, 1.165) is 39.1 Å². The molecule has 0 atom stereocenters. The molecule has 17 heavy (non-hydrogen) atoms. The van der Waals surface area contributed by atoms with Crippen LogP contribution in [0.15, 0.2) is 10.6 Å². The molecule has 2 aliphatic rings. The van der Waals surface area contributed by atoms with E-state index in [-0.39, 0.29) is 5.91 Å². The largest absolute Gasteiger partial charge is 0.380 e. The van der Waals surface area contributed by atoms with Gasteiger partial charge in [-0.25, -0.2) is 0 Å². The Hall–Kier alpha value is -1.36. The predicted molar refractivity (Wildman–Crippen MR) is 59.6 cm³/mol. The number of ether oxygens (including phenoxy) is 1. The zero-order valence-corrected chi connectivity index (χ0v) is 9.94. The van der Waals surface area contributed by atoms with E-state index in [4.69, 9.17) is 9.26 Å². The van der Waals surface area contributed by atoms with Crippen molar-refractivity contribution in [1.29, 1.82) is 0 Å². The number of nitrogens with zero attached hydrogens (tertiary/aromatic N) is 2. The molecule has 0 aliphatic carbocycles. The van der Waals surface area contributed by atoms with Crippen molar-refractivity contribution in [2.45, 2.75) is 19.8 Å². The van der Waals surface area contributed by atoms with E-state index < -0.39 is 0 Å². The van der Waals surface area contributed by atoms with Gasteiger partial charge in [0, 0.05) is 24.6 Å². The van der Waals surface area contributed by atoms with Crippen molar-refractivity contribution in [3.63, 3.8) is 0 Å². The zero-order chi connectivity index (χ0) is 11.9. The number of carbonyl (C=O) groups excluding carboxylic acids is 1. The third-order valence-electron chi connectivity index (χ3n) is 3.77. The Morgan fingerprint density at radius 3 is 2.59 bits per heavy atom. The average molecular weight is 236 g/mol. The molecule has 1 aromatic heterocycles. The van der Waals surface area contributed by atoms with Crippen LogP contribution in [-0.2, 0) is 4.74 Å². The van der Waals surface area contributed by atoms with Crippen molar-refractivity contribution in [3.8, 4) is 0 Å². The van der Waals surface area contributed by atoms with Gasteiger partial charge in [0.25, 0.3) is 5.91 Å². The van der Waals surface area contributed by atoms with Gasteiger partial charge in [-0.3, -0.25) is 4.79 Å². The van der Waals surface area contributed by atoms with Crippen molar-refractivity contribution >= 4 is 5.91 Å². The lowest BCUT2D eigenvalue weighted by atomic mass is 9.77. The molecule has 2 fully saturated rings. The molecule has 5 nitrogen and oxygen atoms in total. The second kappa shape index (κ2) is 3.84. The fourth-order valence-corrected chi connectivity index (χ4v) is 2.49. The lowest BCUT2D eigenvalue weighted by molar-refractivity contribution is -0.136. The van der Waals surface area contributed by atoms with E-state index in [1.165, 1.54) is 0 Å². The lowest BCUT2D eigenvalue weighted by Gasteiger charge is -2.47. The fraction of sp³-hybridized carbons (Fsp3) is 0.667. The molecule has 1 amide bonds. The van der Waals surface area contributed by atoms with Crippen LogP contribution in [0.5, 0.6) is 0 Å². The topological polar surface area (TPSA) is 55.6 Å². The van der Waals surface area contributed by atoms with Crippen molar-refractivity contribution in [2.24, 2.45) is 5.41 Å². The molecule has 2 saturated heterocycles. The van der Waals surface area contributed by atoms with E-state index in [2.05, 4.69) is 5.16 Å². The summed E-state index contributed by atoms with van der Waals surface area (Å²) in [5, 5.41) is 3.77. The minimum Gasteiger partial charge on any atom is -0.380 e. The number of rotatable bonds is 1. The quantitative estimate of drug-likeness (QED) is 0.736. The van der Waals surface area contributed by atoms with Crippen LogP contribution in [0.25, 0.3) is 0 Å². The Balaban J connectivity index is 1.64. The molecular weight excluding hydrogens is 220 g/mol. The maximum atomic E-state index is 12.1. The van der Waals surface area contributed by atoms with Crippen molar-refractivity contribution in [3.05, 3.63) is 17.5 Å². The van der Waals surface area contributed by atoms with E-state index in [9.17, 15) is 4.79 Å². The van der Waals surface area contributed by atoms with Gasteiger partial charge >= 0.3 is 0 Å². The summed E-state index contributed by atoms with van der Waals surface area (Å²) in [6, 6.07) is 1.69. The second-order valence-electron chi connectivity index (χ2n) is 5.11. The van der Waals surface area contributed by atoms with Gasteiger partial charge in [0.15, 0.2) is 5.69 Å². The van der Waals surface area contributed by atoms with Gasteiger partial charge in [-0.15, -0.1) is 0 Å². The van der Waals surface area contributed by atoms with Gasteiger partial charge in [0.2, 0.25) is 0 Å². The van der Waals surface area contributed by atoms with Gasteiger partial charge in [0.05, 0.1) is 13.2 Å². The summed E-state index contributed by atoms with van der Waals surface area (Å²) in [4.78, 5) is 14.0. The van der Waals surface area contributed by atoms with E-state index in [0.29, 0.717) is 16.9 Å². The third-order valence-corrected chi connectivity index (χ3v) is 3.77. The molecule has 3 rings (SSSR count). The van der Waals surface area contributed by atoms with Crippen LogP contribution < -0.4 is 0 Å². The van der Waals surface area contributed by atoms with Gasteiger partial charge in [-0.1, -0.05) is 5.16 Å². The maximum Gasteiger partial charge on any atom is 0.276 e. The molecule has 0 aromatic carbocycles. The molecule has 1 aromatic rings. The average Bonchev–Trinajstić information content (AvgIpc) is 2.73. The van der Waals surface area contributed by atoms with Crippen LogP contribution in [0.1, 0.15) is 29.1 Å². The summed E-state index contributed by atoms with van der Waals surface area (Å²) >= 11 is 0. The first-order valence-electron chi connectivity index (χ1n) is 5.99. The minimum absolute atomic E-state index is 0.0167. The molecule has 0 saturated carbocycles. The summed E-state index contributed by atoms with van der Waals surface area (Å²) in [6.07, 6.45) is 2.07. The Kier molecular flexibility index (Phi) is 2.43. The monoisotopic (exact) mass is 236 g/mol. The Morgan fingerprint density at radius 1 is 1.41 bits per heavy atom. The predicted octanol–water partition coefficient (Wildman–Crippen LogP) is 1.24. The standard InChI is InChI=1S/C12H16N2O3/c1-9-6-10(13-17-9)11(15)14-4-2-12(3-5-14)7-16-8-12/h6H,2-5,7-8H2,1H3. The van der Waals surface area contributed by atoms with Crippen molar-refractivity contribution in [2.75, 3.05) is 26.3 Å². The minimum atomic E-state index is -0.0167. The first-order chi connectivity index (χ1) is 8.19. The summed E-state index contributed by atoms with van der Waals surface area (Å²) in [6.45, 7) is 5.11. The molecule has 92 valence electrons. The third kappa shape index (κ3) is 1.84. The molecule has 0 bridgehead atoms. The van der Waals surface area contributed by atoms with Crippen molar-refractivity contribution < 1.29 is 14.1 Å². The Morgan fingerprint density at radius 2 is 2.12 bits per heavy atom. The number of likely N-dealkylation sites (tertiary alicyclic amines) is 1. The molecule has 2 aliphatic heterocycles. The van der Waals surface area contributed by atoms with E-state index >= 15 is 0 Å². The highest BCUT2D eigenvalue weighted by Gasteiger charge is 2.42. The van der Waals surface area contributed by atoms with Crippen LogP contribution in [0, 0.1) is 12.3 Å². The van der Waals surface area contributed by atoms with Crippen molar-refractivity contribution in [1.82, 2.24) is 10.1 Å². The number of amides is 1. The van der Waals surface area contributed by atoms with Crippen LogP contribution in [0.2, 0.25) is 0 Å². The van der Waals surface area contributed by atoms with Gasteiger partial charge in [-0.05, 0) is 19.8 Å². The molecule has 1 spiro atoms. The highest BCUT2D eigenvalue weighted by Crippen LogP contribution is 2.38. The smallest absolute Gasteiger partial charge is 0.276 e. The molecule has 0 radical (unpaired) electrons. The van der Waals surface area contributed by atoms with E-state index in [1.54, 1.807) is 13.0 Å². The fourth-order valence-electron chi connectivity index (χ4n) is 2.49. The molecule has 0 N–H and O–H groups in total. The van der Waals surface area contributed by atoms with Crippen LogP contribution in [0.4, 0.5) is 0 Å². The number of hydrogen-bond acceptors (Lipinski definition) is 4. The summed E-state index contributed by atoms with van der Waals surface area (Å²) < 4.78 is 10.2. The SMILES string of the molecule is Cc1cc(C(=O)N2CCC3(CC2)COC3)no1. The zero-order valence-electron chi connectivity index (χ0n) is 9.94. The van der Waals surface area contributed by atoms with Crippen LogP contribution in [0.3, 0.4) is 0 Å². The van der Waals surface area contributed by atoms with Gasteiger partial charge in [0.1, 0.15) is 5.76 Å². The highest BCUT2D eigenvalue weighted by molar-refractivity contribution is 5.92. The van der Waals surface area contributed by atoms with Gasteiger partial charge in [-0.2, -0.15) is 0 Å². The number of piperidine rings is 1. The summed E-state index contributed by atoms with van der Waals surface area (Å²) in [7, 11) is 0. The number of aromatic nitrogens is 1. The summed E-state index contributed by atoms with van der Waals surface area (Å²) in [5.41, 5.74) is 0.777. The Bertz CT molecular complexity index is 427. The van der Waals surface area contributed by atoms with Gasteiger partial charge < -0.3 is 14.2 Å². The number of carbonyl (C=O) groups is 1. The molecule has 0 unspecified atom stereocenters. The molecule has 3 heterocycles. The van der Waals surface area contributed by atoms with Crippen LogP contribution in [-0.4, -0.2) is 42.3 Å². The Labute approximate surface area is 99.7 Å². The number of hydrogen-bond donors (Lipinski definition) is 0. The molecular formula is C12H16N2O3. The van der Waals surface area contributed by atoms with Crippen LogP contribution >= 0.6 is 0 Å². The number of aryl methyl sites for hydroxylation is 1. The molecule has 5 heteroatoms. The lowest BCUT2D eigenvalue weighted by Crippen LogP contribution is -2.52. The first-order valence-corrected chi connectivity index (χ1v) is 5.99. The highest BCUT2D eigenvalue weighted by atomic mass is 16.5. The first kappa shape index (κ1) is 10.8. The second-order valence-corrected chi connectivity index (χ2v) is 5.11.